The molecule has 0 aliphatic rings. The summed E-state index contributed by atoms with van der Waals surface area (Å²) in [5, 5.41) is 4.08. The number of alkyl halides is 2. The van der Waals surface area contributed by atoms with E-state index in [1.165, 1.54) is 0 Å². The van der Waals surface area contributed by atoms with E-state index in [0.29, 0.717) is 5.56 Å². The second kappa shape index (κ2) is 6.16. The van der Waals surface area contributed by atoms with Gasteiger partial charge in [-0.05, 0) is 42.5 Å². The first-order chi connectivity index (χ1) is 9.52. The Morgan fingerprint density at radius 3 is 2.60 bits per heavy atom. The summed E-state index contributed by atoms with van der Waals surface area (Å²) in [6.07, 6.45) is 4.04. The number of aromatic nitrogens is 2. The van der Waals surface area contributed by atoms with Crippen LogP contribution in [0.4, 0.5) is 8.78 Å². The van der Waals surface area contributed by atoms with Gasteiger partial charge in [-0.2, -0.15) is 5.10 Å². The SMILES string of the molecule is CCCCc1cc(-c2cnn(C)c2)c(C(F)F)cc1C. The Kier molecular flexibility index (Phi) is 4.53. The van der Waals surface area contributed by atoms with Crippen molar-refractivity contribution in [3.8, 4) is 11.1 Å². The topological polar surface area (TPSA) is 17.8 Å². The lowest BCUT2D eigenvalue weighted by atomic mass is 9.93. The lowest BCUT2D eigenvalue weighted by Gasteiger charge is -2.13. The summed E-state index contributed by atoms with van der Waals surface area (Å²) >= 11 is 0. The Labute approximate surface area is 118 Å². The van der Waals surface area contributed by atoms with Crippen molar-refractivity contribution < 1.29 is 8.78 Å². The van der Waals surface area contributed by atoms with Crippen LogP contribution in [0.25, 0.3) is 11.1 Å². The summed E-state index contributed by atoms with van der Waals surface area (Å²) < 4.78 is 28.1. The number of nitrogens with zero attached hydrogens (tertiary/aromatic N) is 2. The molecule has 0 aliphatic heterocycles. The summed E-state index contributed by atoms with van der Waals surface area (Å²) in [6, 6.07) is 3.53. The highest BCUT2D eigenvalue weighted by molar-refractivity contribution is 5.68. The summed E-state index contributed by atoms with van der Waals surface area (Å²) in [5.74, 6) is 0. The van der Waals surface area contributed by atoms with Gasteiger partial charge in [0.05, 0.1) is 6.20 Å². The molecule has 2 nitrogen and oxygen atoms in total. The van der Waals surface area contributed by atoms with E-state index >= 15 is 0 Å². The van der Waals surface area contributed by atoms with Crippen LogP contribution in [0, 0.1) is 6.92 Å². The summed E-state index contributed by atoms with van der Waals surface area (Å²) in [7, 11) is 1.79. The van der Waals surface area contributed by atoms with Crippen LogP contribution in [0.5, 0.6) is 0 Å². The Bertz CT molecular complexity index is 588. The van der Waals surface area contributed by atoms with Crippen molar-refractivity contribution in [1.29, 1.82) is 0 Å². The molecule has 0 saturated heterocycles. The quantitative estimate of drug-likeness (QED) is 0.776. The molecule has 0 atom stereocenters. The monoisotopic (exact) mass is 278 g/mol. The molecule has 0 N–H and O–H groups in total. The average molecular weight is 278 g/mol. The minimum atomic E-state index is -2.47. The van der Waals surface area contributed by atoms with Crippen molar-refractivity contribution in [2.24, 2.45) is 7.05 Å². The first-order valence-electron chi connectivity index (χ1n) is 6.93. The number of benzene rings is 1. The first-order valence-corrected chi connectivity index (χ1v) is 6.93. The maximum Gasteiger partial charge on any atom is 0.264 e. The zero-order valence-corrected chi connectivity index (χ0v) is 12.2. The molecule has 20 heavy (non-hydrogen) atoms. The van der Waals surface area contributed by atoms with Gasteiger partial charge >= 0.3 is 0 Å². The highest BCUT2D eigenvalue weighted by atomic mass is 19.3. The Morgan fingerprint density at radius 1 is 1.30 bits per heavy atom. The summed E-state index contributed by atoms with van der Waals surface area (Å²) in [4.78, 5) is 0. The molecule has 108 valence electrons. The third-order valence-corrected chi connectivity index (χ3v) is 3.56. The molecule has 2 aromatic rings. The number of hydrogen-bond acceptors (Lipinski definition) is 1. The van der Waals surface area contributed by atoms with Crippen molar-refractivity contribution in [1.82, 2.24) is 9.78 Å². The number of unbranched alkanes of at least 4 members (excludes halogenated alkanes) is 1. The smallest absolute Gasteiger partial charge is 0.264 e. The van der Waals surface area contributed by atoms with E-state index < -0.39 is 6.43 Å². The zero-order valence-electron chi connectivity index (χ0n) is 12.2. The average Bonchev–Trinajstić information content (AvgIpc) is 2.83. The van der Waals surface area contributed by atoms with E-state index in [4.69, 9.17) is 0 Å². The van der Waals surface area contributed by atoms with Crippen LogP contribution in [-0.2, 0) is 13.5 Å². The highest BCUT2D eigenvalue weighted by Crippen LogP contribution is 2.33. The maximum atomic E-state index is 13.3. The molecule has 0 aliphatic carbocycles. The molecule has 1 heterocycles. The van der Waals surface area contributed by atoms with Gasteiger partial charge in [0, 0.05) is 24.4 Å². The van der Waals surface area contributed by atoms with Crippen LogP contribution < -0.4 is 0 Å². The molecule has 1 aromatic heterocycles. The number of halogens is 2. The van der Waals surface area contributed by atoms with Crippen molar-refractivity contribution in [2.45, 2.75) is 39.5 Å². The van der Waals surface area contributed by atoms with Gasteiger partial charge in [0.25, 0.3) is 6.43 Å². The minimum Gasteiger partial charge on any atom is -0.275 e. The normalized spacial score (nSPS) is 11.3. The van der Waals surface area contributed by atoms with Gasteiger partial charge in [-0.25, -0.2) is 8.78 Å². The predicted octanol–water partition coefficient (Wildman–Crippen LogP) is 4.68. The third kappa shape index (κ3) is 3.06. The molecule has 1 aromatic carbocycles. The van der Waals surface area contributed by atoms with Gasteiger partial charge in [0.2, 0.25) is 0 Å². The van der Waals surface area contributed by atoms with Gasteiger partial charge in [-0.3, -0.25) is 4.68 Å². The van der Waals surface area contributed by atoms with Crippen molar-refractivity contribution in [2.75, 3.05) is 0 Å². The van der Waals surface area contributed by atoms with E-state index in [1.54, 1.807) is 30.2 Å². The lowest BCUT2D eigenvalue weighted by Crippen LogP contribution is -1.97. The van der Waals surface area contributed by atoms with Crippen LogP contribution in [-0.4, -0.2) is 9.78 Å². The van der Waals surface area contributed by atoms with Gasteiger partial charge in [-0.15, -0.1) is 0 Å². The fourth-order valence-electron chi connectivity index (χ4n) is 2.40. The predicted molar refractivity (Wildman–Crippen MR) is 77.0 cm³/mol. The number of hydrogen-bond donors (Lipinski definition) is 0. The Balaban J connectivity index is 2.51. The van der Waals surface area contributed by atoms with Gasteiger partial charge in [-0.1, -0.05) is 19.4 Å². The van der Waals surface area contributed by atoms with Crippen LogP contribution in [0.3, 0.4) is 0 Å². The molecular formula is C16H20F2N2. The van der Waals surface area contributed by atoms with E-state index in [9.17, 15) is 8.78 Å². The van der Waals surface area contributed by atoms with Crippen LogP contribution in [0.2, 0.25) is 0 Å². The number of aryl methyl sites for hydroxylation is 3. The van der Waals surface area contributed by atoms with E-state index in [2.05, 4.69) is 12.0 Å². The molecule has 0 radical (unpaired) electrons. The van der Waals surface area contributed by atoms with Crippen molar-refractivity contribution >= 4 is 0 Å². The largest absolute Gasteiger partial charge is 0.275 e. The van der Waals surface area contributed by atoms with Crippen LogP contribution in [0.1, 0.15) is 42.9 Å². The molecule has 0 amide bonds. The summed E-state index contributed by atoms with van der Waals surface area (Å²) in [6.45, 7) is 4.04. The van der Waals surface area contributed by atoms with E-state index in [0.717, 1.165) is 36.0 Å². The Hall–Kier alpha value is -1.71. The van der Waals surface area contributed by atoms with Gasteiger partial charge in [0.1, 0.15) is 0 Å². The second-order valence-electron chi connectivity index (χ2n) is 5.17. The standard InChI is InChI=1S/C16H20F2N2/c1-4-5-6-12-8-14(13-9-19-20(3)10-13)15(16(17)18)7-11(12)2/h7-10,16H,4-6H2,1-3H3. The molecule has 4 heteroatoms. The molecule has 0 fully saturated rings. The van der Waals surface area contributed by atoms with Crippen molar-refractivity contribution in [3.63, 3.8) is 0 Å². The summed E-state index contributed by atoms with van der Waals surface area (Å²) in [5.41, 5.74) is 3.54. The fourth-order valence-corrected chi connectivity index (χ4v) is 2.40. The van der Waals surface area contributed by atoms with Crippen molar-refractivity contribution in [3.05, 3.63) is 41.2 Å². The van der Waals surface area contributed by atoms with Crippen LogP contribution >= 0.6 is 0 Å². The molecule has 0 unspecified atom stereocenters. The van der Waals surface area contributed by atoms with E-state index in [1.807, 2.05) is 13.0 Å². The first kappa shape index (κ1) is 14.7. The van der Waals surface area contributed by atoms with Gasteiger partial charge < -0.3 is 0 Å². The van der Waals surface area contributed by atoms with E-state index in [-0.39, 0.29) is 5.56 Å². The Morgan fingerprint density at radius 2 is 2.05 bits per heavy atom. The molecule has 0 bridgehead atoms. The van der Waals surface area contributed by atoms with Gasteiger partial charge in [0.15, 0.2) is 0 Å². The third-order valence-electron chi connectivity index (χ3n) is 3.56. The highest BCUT2D eigenvalue weighted by Gasteiger charge is 2.17. The number of rotatable bonds is 5. The van der Waals surface area contributed by atoms with Crippen LogP contribution in [0.15, 0.2) is 24.5 Å². The zero-order chi connectivity index (χ0) is 14.7. The molecule has 0 spiro atoms. The second-order valence-corrected chi connectivity index (χ2v) is 5.17. The molecule has 0 saturated carbocycles. The lowest BCUT2D eigenvalue weighted by molar-refractivity contribution is 0.152. The molecular weight excluding hydrogens is 258 g/mol. The fraction of sp³-hybridized carbons (Fsp3) is 0.438. The molecule has 2 rings (SSSR count). The minimum absolute atomic E-state index is 0.0933. The maximum absolute atomic E-state index is 13.3.